The molecule has 4 nitrogen and oxygen atoms in total. The number of ether oxygens (including phenoxy) is 2. The van der Waals surface area contributed by atoms with E-state index >= 15 is 0 Å². The molecule has 0 heterocycles. The van der Waals surface area contributed by atoms with Crippen molar-refractivity contribution >= 4 is 59.6 Å². The van der Waals surface area contributed by atoms with Crippen LogP contribution in [0.25, 0.3) is 0 Å². The Kier molecular flexibility index (Phi) is 12.9. The molecule has 9 rings (SSSR count). The Hall–Kier alpha value is -6.44. The fraction of sp³-hybridized carbons (Fsp3) is 0.107. The van der Waals surface area contributed by atoms with Crippen LogP contribution in [0.1, 0.15) is 43.7 Å². The molecule has 0 radical (unpaired) electrons. The maximum Gasteiger partial charge on any atom is 0.338 e. The van der Waals surface area contributed by atoms with Crippen LogP contribution in [0.3, 0.4) is 0 Å². The number of carbonyl (C=O) groups excluding carboxylic acids is 2. The van der Waals surface area contributed by atoms with Gasteiger partial charge in [-0.3, -0.25) is 0 Å². The number of carbonyl (C=O) groups is 2. The van der Waals surface area contributed by atoms with Crippen molar-refractivity contribution in [2.45, 2.75) is 11.8 Å². The fourth-order valence-electron chi connectivity index (χ4n) is 8.99. The molecule has 1 saturated carbocycles. The molecule has 0 N–H and O–H groups in total. The summed E-state index contributed by atoms with van der Waals surface area (Å²) in [7, 11) is -1.96. The minimum Gasteiger partial charge on any atom is -0.462 e. The number of hydrogen-bond donors (Lipinski definition) is 0. The second-order valence-corrected chi connectivity index (χ2v) is 19.8. The van der Waals surface area contributed by atoms with Crippen LogP contribution >= 0.6 is 15.8 Å². The summed E-state index contributed by atoms with van der Waals surface area (Å²) < 4.78 is 12.6. The van der Waals surface area contributed by atoms with Gasteiger partial charge in [0.25, 0.3) is 0 Å². The first-order valence-corrected chi connectivity index (χ1v) is 23.8. The molecule has 6 heteroatoms. The van der Waals surface area contributed by atoms with Gasteiger partial charge >= 0.3 is 11.9 Å². The van der Waals surface area contributed by atoms with Gasteiger partial charge in [-0.2, -0.15) is 0 Å². The van der Waals surface area contributed by atoms with Crippen molar-refractivity contribution in [2.75, 3.05) is 13.2 Å². The largest absolute Gasteiger partial charge is 0.462 e. The summed E-state index contributed by atoms with van der Waals surface area (Å²) in [6.07, 6.45) is 0. The van der Waals surface area contributed by atoms with E-state index in [1.807, 2.05) is 36.4 Å². The van der Waals surface area contributed by atoms with Gasteiger partial charge in [-0.25, -0.2) is 9.59 Å². The molecule has 0 amide bonds. The van der Waals surface area contributed by atoms with E-state index in [4.69, 9.17) is 9.47 Å². The lowest BCUT2D eigenvalue weighted by molar-refractivity contribution is -0.0293. The van der Waals surface area contributed by atoms with Gasteiger partial charge in [0.2, 0.25) is 0 Å². The Bertz CT molecular complexity index is 2430. The second-order valence-electron chi connectivity index (χ2n) is 15.4. The standard InChI is InChI=1S/C56H46O4P2/c57-55(41-23-7-1-8-24-41)59-39-49-50(40-60-56(58)42-25-9-2-10-26-42)54(48-36-20-22-38-52(48)62(45-31-15-5-16-32-45)46-33-17-6-18-34-46)53(49)47-35-19-21-37-51(47)61(43-27-11-3-12-28-43)44-29-13-4-14-30-44/h1-38,49-50,53-54H,39-40H2/t49-,50-,53-,54-/m1/s1. The summed E-state index contributed by atoms with van der Waals surface area (Å²) in [5.41, 5.74) is 3.46. The highest BCUT2D eigenvalue weighted by Gasteiger charge is 2.54. The van der Waals surface area contributed by atoms with Gasteiger partial charge in [0, 0.05) is 11.8 Å². The van der Waals surface area contributed by atoms with E-state index in [9.17, 15) is 9.59 Å². The van der Waals surface area contributed by atoms with Crippen LogP contribution in [0, 0.1) is 11.8 Å². The monoisotopic (exact) mass is 844 g/mol. The summed E-state index contributed by atoms with van der Waals surface area (Å²) in [5.74, 6) is -1.25. The minimum atomic E-state index is -0.980. The molecule has 8 aromatic carbocycles. The highest BCUT2D eigenvalue weighted by atomic mass is 31.1. The molecule has 0 saturated heterocycles. The molecule has 4 atom stereocenters. The van der Waals surface area contributed by atoms with Crippen LogP contribution in [0.5, 0.6) is 0 Å². The smallest absolute Gasteiger partial charge is 0.338 e. The van der Waals surface area contributed by atoms with Crippen LogP contribution < -0.4 is 31.8 Å². The average Bonchev–Trinajstić information content (AvgIpc) is 3.34. The van der Waals surface area contributed by atoms with Crippen LogP contribution in [0.15, 0.2) is 231 Å². The zero-order valence-electron chi connectivity index (χ0n) is 34.2. The van der Waals surface area contributed by atoms with Crippen molar-refractivity contribution in [3.8, 4) is 0 Å². The Morgan fingerprint density at radius 1 is 0.339 bits per heavy atom. The molecule has 62 heavy (non-hydrogen) atoms. The van der Waals surface area contributed by atoms with Crippen LogP contribution in [0.4, 0.5) is 0 Å². The van der Waals surface area contributed by atoms with Crippen molar-refractivity contribution in [3.63, 3.8) is 0 Å². The van der Waals surface area contributed by atoms with Gasteiger partial charge in [0.1, 0.15) is 0 Å². The zero-order valence-corrected chi connectivity index (χ0v) is 36.0. The Morgan fingerprint density at radius 3 is 0.903 bits per heavy atom. The molecule has 0 unspecified atom stereocenters. The molecule has 0 spiro atoms. The number of esters is 2. The topological polar surface area (TPSA) is 52.6 Å². The highest BCUT2D eigenvalue weighted by molar-refractivity contribution is 7.80. The summed E-state index contributed by atoms with van der Waals surface area (Å²) in [6, 6.07) is 79.2. The summed E-state index contributed by atoms with van der Waals surface area (Å²) in [4.78, 5) is 27.5. The molecule has 304 valence electrons. The van der Waals surface area contributed by atoms with Crippen molar-refractivity contribution in [2.24, 2.45) is 11.8 Å². The number of rotatable bonds is 14. The van der Waals surface area contributed by atoms with Gasteiger partial charge in [0.05, 0.1) is 24.3 Å². The summed E-state index contributed by atoms with van der Waals surface area (Å²) >= 11 is 0. The lowest BCUT2D eigenvalue weighted by Gasteiger charge is -2.53. The molecule has 8 aromatic rings. The van der Waals surface area contributed by atoms with Gasteiger partial charge in [0.15, 0.2) is 0 Å². The van der Waals surface area contributed by atoms with Crippen molar-refractivity contribution in [1.29, 1.82) is 0 Å². The molecular weight excluding hydrogens is 799 g/mol. The fourth-order valence-corrected chi connectivity index (χ4v) is 14.0. The van der Waals surface area contributed by atoms with Gasteiger partial charge < -0.3 is 9.47 Å². The third-order valence-electron chi connectivity index (χ3n) is 11.8. The van der Waals surface area contributed by atoms with Crippen LogP contribution in [-0.2, 0) is 9.47 Å². The maximum absolute atomic E-state index is 13.7. The molecule has 1 aliphatic carbocycles. The first-order chi connectivity index (χ1) is 30.7. The Balaban J connectivity index is 1.22. The predicted molar refractivity (Wildman–Crippen MR) is 256 cm³/mol. The van der Waals surface area contributed by atoms with Crippen molar-refractivity contribution in [1.82, 2.24) is 0 Å². The number of benzene rings is 8. The van der Waals surface area contributed by atoms with E-state index in [0.29, 0.717) is 11.1 Å². The van der Waals surface area contributed by atoms with E-state index < -0.39 is 15.8 Å². The lowest BCUT2D eigenvalue weighted by Crippen LogP contribution is -2.51. The van der Waals surface area contributed by atoms with Gasteiger partial charge in [-0.1, -0.05) is 206 Å². The molecule has 1 aliphatic rings. The zero-order chi connectivity index (χ0) is 42.1. The third-order valence-corrected chi connectivity index (χ3v) is 16.9. The normalized spacial score (nSPS) is 16.9. The first-order valence-electron chi connectivity index (χ1n) is 21.1. The summed E-state index contributed by atoms with van der Waals surface area (Å²) in [6.45, 7) is 0.333. The average molecular weight is 845 g/mol. The van der Waals surface area contributed by atoms with Gasteiger partial charge in [-0.05, 0) is 94.9 Å². The van der Waals surface area contributed by atoms with E-state index in [1.54, 1.807) is 24.3 Å². The summed E-state index contributed by atoms with van der Waals surface area (Å²) in [5, 5.41) is 7.56. The molecule has 0 aromatic heterocycles. The van der Waals surface area contributed by atoms with Crippen molar-refractivity contribution < 1.29 is 19.1 Å². The lowest BCUT2D eigenvalue weighted by atomic mass is 9.53. The van der Waals surface area contributed by atoms with E-state index in [1.165, 1.54) is 43.0 Å². The van der Waals surface area contributed by atoms with Gasteiger partial charge in [-0.15, -0.1) is 0 Å². The van der Waals surface area contributed by atoms with Crippen molar-refractivity contribution in [3.05, 3.63) is 253 Å². The highest BCUT2D eigenvalue weighted by Crippen LogP contribution is 2.59. The minimum absolute atomic E-state index is 0.0860. The second kappa shape index (κ2) is 19.5. The molecular formula is C56H46O4P2. The number of hydrogen-bond acceptors (Lipinski definition) is 4. The Labute approximate surface area is 366 Å². The third kappa shape index (κ3) is 8.81. The van der Waals surface area contributed by atoms with Crippen LogP contribution in [0.2, 0.25) is 0 Å². The SMILES string of the molecule is O=C(OC[C@@H]1[C@@H](COC(=O)c2ccccc2)[C@@H](c2ccccc2P(c2ccccc2)c2ccccc2)[C@@H]1c1ccccc1P(c1ccccc1)c1ccccc1)c1ccccc1. The maximum atomic E-state index is 13.7. The predicted octanol–water partition coefficient (Wildman–Crippen LogP) is 10.0. The Morgan fingerprint density at radius 2 is 0.597 bits per heavy atom. The molecule has 1 fully saturated rings. The van der Waals surface area contributed by atoms with E-state index in [2.05, 4.69) is 170 Å². The molecule has 0 aliphatic heterocycles. The van der Waals surface area contributed by atoms with E-state index in [-0.39, 0.29) is 48.8 Å². The quantitative estimate of drug-likeness (QED) is 0.0809. The van der Waals surface area contributed by atoms with E-state index in [0.717, 1.165) is 0 Å². The molecule has 0 bridgehead atoms. The first kappa shape index (κ1) is 40.9. The van der Waals surface area contributed by atoms with Crippen LogP contribution in [-0.4, -0.2) is 25.2 Å².